The van der Waals surface area contributed by atoms with Gasteiger partial charge in [-0.05, 0) is 26.3 Å². The molecule has 0 radical (unpaired) electrons. The van der Waals surface area contributed by atoms with E-state index < -0.39 is 23.7 Å². The Labute approximate surface area is 165 Å². The Morgan fingerprint density at radius 2 is 1.79 bits per heavy atom. The van der Waals surface area contributed by atoms with Crippen molar-refractivity contribution >= 4 is 18.0 Å². The summed E-state index contributed by atoms with van der Waals surface area (Å²) in [7, 11) is 0. The number of nitrogens with zero attached hydrogens (tertiary/aromatic N) is 1. The molecule has 28 heavy (non-hydrogen) atoms. The zero-order valence-corrected chi connectivity index (χ0v) is 16.6. The smallest absolute Gasteiger partial charge is 0.408 e. The third-order valence-electron chi connectivity index (χ3n) is 3.94. The van der Waals surface area contributed by atoms with Gasteiger partial charge < -0.3 is 24.4 Å². The van der Waals surface area contributed by atoms with Gasteiger partial charge in [-0.1, -0.05) is 30.3 Å². The third kappa shape index (κ3) is 7.56. The molecule has 8 nitrogen and oxygen atoms in total. The number of nitrogens with one attached hydrogen (secondary N) is 1. The summed E-state index contributed by atoms with van der Waals surface area (Å²) in [5, 5.41) is 2.47. The number of hydrogen-bond donors (Lipinski definition) is 1. The maximum atomic E-state index is 12.5. The van der Waals surface area contributed by atoms with Crippen molar-refractivity contribution in [2.45, 2.75) is 45.4 Å². The van der Waals surface area contributed by atoms with E-state index >= 15 is 0 Å². The average molecular weight is 392 g/mol. The molecule has 0 spiro atoms. The van der Waals surface area contributed by atoms with Gasteiger partial charge in [-0.2, -0.15) is 0 Å². The highest BCUT2D eigenvalue weighted by molar-refractivity contribution is 5.88. The zero-order valence-electron chi connectivity index (χ0n) is 16.6. The normalized spacial score (nSPS) is 15.5. The molecule has 154 valence electrons. The number of benzene rings is 1. The number of rotatable bonds is 6. The Bertz CT molecular complexity index is 665. The maximum Gasteiger partial charge on any atom is 0.408 e. The van der Waals surface area contributed by atoms with Crippen LogP contribution in [-0.4, -0.2) is 60.8 Å². The first-order valence-electron chi connectivity index (χ1n) is 9.30. The summed E-state index contributed by atoms with van der Waals surface area (Å²) >= 11 is 0. The molecule has 1 aromatic rings. The summed E-state index contributed by atoms with van der Waals surface area (Å²) in [5.74, 6) is -0.933. The molecule has 0 unspecified atom stereocenters. The van der Waals surface area contributed by atoms with Crippen molar-refractivity contribution in [1.29, 1.82) is 0 Å². The van der Waals surface area contributed by atoms with Crippen LogP contribution >= 0.6 is 0 Å². The SMILES string of the molecule is CC(C)(C)OC(=O)N[C@H](CC(=O)N1CCOCC1)C(=O)OCc1ccccc1. The molecule has 0 saturated carbocycles. The van der Waals surface area contributed by atoms with Gasteiger partial charge in [0.05, 0.1) is 19.6 Å². The third-order valence-corrected chi connectivity index (χ3v) is 3.94. The molecule has 1 aliphatic rings. The quantitative estimate of drug-likeness (QED) is 0.743. The Morgan fingerprint density at radius 3 is 2.39 bits per heavy atom. The predicted molar refractivity (Wildman–Crippen MR) is 101 cm³/mol. The fourth-order valence-electron chi connectivity index (χ4n) is 2.59. The van der Waals surface area contributed by atoms with E-state index in [1.807, 2.05) is 30.3 Å². The summed E-state index contributed by atoms with van der Waals surface area (Å²) in [5.41, 5.74) is 0.0861. The van der Waals surface area contributed by atoms with Gasteiger partial charge in [-0.3, -0.25) is 4.79 Å². The number of carbonyl (C=O) groups excluding carboxylic acids is 3. The minimum absolute atomic E-state index is 0.0535. The number of esters is 1. The highest BCUT2D eigenvalue weighted by Gasteiger charge is 2.30. The Hall–Kier alpha value is -2.61. The van der Waals surface area contributed by atoms with E-state index in [1.165, 1.54) is 0 Å². The lowest BCUT2D eigenvalue weighted by Gasteiger charge is -2.28. The largest absolute Gasteiger partial charge is 0.459 e. The Morgan fingerprint density at radius 1 is 1.14 bits per heavy atom. The molecule has 2 amide bonds. The molecule has 8 heteroatoms. The summed E-state index contributed by atoms with van der Waals surface area (Å²) in [6, 6.07) is 8.04. The monoisotopic (exact) mass is 392 g/mol. The number of amides is 2. The first-order chi connectivity index (χ1) is 13.2. The summed E-state index contributed by atoms with van der Waals surface area (Å²) < 4.78 is 15.7. The van der Waals surface area contributed by atoms with E-state index in [4.69, 9.17) is 14.2 Å². The second-order valence-electron chi connectivity index (χ2n) is 7.49. The lowest BCUT2D eigenvalue weighted by Crippen LogP contribution is -2.49. The Balaban J connectivity index is 2.00. The molecule has 1 atom stereocenters. The minimum Gasteiger partial charge on any atom is -0.459 e. The van der Waals surface area contributed by atoms with Crippen LogP contribution in [0, 0.1) is 0 Å². The second kappa shape index (κ2) is 10.1. The van der Waals surface area contributed by atoms with Crippen LogP contribution in [0.3, 0.4) is 0 Å². The van der Waals surface area contributed by atoms with Crippen molar-refractivity contribution in [1.82, 2.24) is 10.2 Å². The molecule has 0 aromatic heterocycles. The molecule has 1 fully saturated rings. The summed E-state index contributed by atoms with van der Waals surface area (Å²) in [4.78, 5) is 38.8. The van der Waals surface area contributed by atoms with E-state index in [-0.39, 0.29) is 18.9 Å². The predicted octanol–water partition coefficient (Wildman–Crippen LogP) is 1.87. The molecular weight excluding hydrogens is 364 g/mol. The second-order valence-corrected chi connectivity index (χ2v) is 7.49. The van der Waals surface area contributed by atoms with Crippen LogP contribution in [0.4, 0.5) is 4.79 Å². The van der Waals surface area contributed by atoms with Crippen molar-refractivity contribution in [2.75, 3.05) is 26.3 Å². The lowest BCUT2D eigenvalue weighted by atomic mass is 10.1. The van der Waals surface area contributed by atoms with Crippen molar-refractivity contribution in [3.8, 4) is 0 Å². The van der Waals surface area contributed by atoms with Gasteiger partial charge in [0.15, 0.2) is 0 Å². The molecule has 1 N–H and O–H groups in total. The van der Waals surface area contributed by atoms with Gasteiger partial charge in [0.1, 0.15) is 18.2 Å². The summed E-state index contributed by atoms with van der Waals surface area (Å²) in [6.07, 6.45) is -0.976. The number of hydrogen-bond acceptors (Lipinski definition) is 6. The number of alkyl carbamates (subject to hydrolysis) is 1. The molecule has 1 heterocycles. The van der Waals surface area contributed by atoms with Crippen LogP contribution in [-0.2, 0) is 30.4 Å². The van der Waals surface area contributed by atoms with Gasteiger partial charge in [-0.15, -0.1) is 0 Å². The molecular formula is C20H28N2O6. The average Bonchev–Trinajstić information content (AvgIpc) is 2.65. The van der Waals surface area contributed by atoms with Crippen molar-refractivity contribution in [3.05, 3.63) is 35.9 Å². The van der Waals surface area contributed by atoms with E-state index in [1.54, 1.807) is 25.7 Å². The van der Waals surface area contributed by atoms with Crippen LogP contribution in [0.2, 0.25) is 0 Å². The van der Waals surface area contributed by atoms with Crippen LogP contribution < -0.4 is 5.32 Å². The summed E-state index contributed by atoms with van der Waals surface area (Å²) in [6.45, 7) is 7.02. The topological polar surface area (TPSA) is 94.2 Å². The van der Waals surface area contributed by atoms with E-state index in [0.717, 1.165) is 5.56 Å². The van der Waals surface area contributed by atoms with E-state index in [9.17, 15) is 14.4 Å². The standard InChI is InChI=1S/C20H28N2O6/c1-20(2,3)28-19(25)21-16(13-17(23)22-9-11-26-12-10-22)18(24)27-14-15-7-5-4-6-8-15/h4-8,16H,9-14H2,1-3H3,(H,21,25)/t16-/m1/s1. The molecule has 1 saturated heterocycles. The first-order valence-corrected chi connectivity index (χ1v) is 9.30. The van der Waals surface area contributed by atoms with Gasteiger partial charge in [0.2, 0.25) is 5.91 Å². The van der Waals surface area contributed by atoms with Crippen molar-refractivity contribution in [2.24, 2.45) is 0 Å². The molecule has 0 aliphatic carbocycles. The van der Waals surface area contributed by atoms with Crippen LogP contribution in [0.15, 0.2) is 30.3 Å². The first kappa shape index (κ1) is 21.7. The number of ether oxygens (including phenoxy) is 3. The van der Waals surface area contributed by atoms with Crippen molar-refractivity contribution < 1.29 is 28.6 Å². The Kier molecular flexibility index (Phi) is 7.80. The highest BCUT2D eigenvalue weighted by Crippen LogP contribution is 2.10. The van der Waals surface area contributed by atoms with Gasteiger partial charge in [0, 0.05) is 13.1 Å². The number of carbonyl (C=O) groups is 3. The highest BCUT2D eigenvalue weighted by atomic mass is 16.6. The van der Waals surface area contributed by atoms with E-state index in [2.05, 4.69) is 5.32 Å². The molecule has 1 aromatic carbocycles. The minimum atomic E-state index is -1.13. The van der Waals surface area contributed by atoms with Gasteiger partial charge in [0.25, 0.3) is 0 Å². The molecule has 0 bridgehead atoms. The fraction of sp³-hybridized carbons (Fsp3) is 0.550. The van der Waals surface area contributed by atoms with Crippen molar-refractivity contribution in [3.63, 3.8) is 0 Å². The lowest BCUT2D eigenvalue weighted by molar-refractivity contribution is -0.150. The number of morpholine rings is 1. The zero-order chi connectivity index (χ0) is 20.6. The van der Waals surface area contributed by atoms with Crippen LogP contribution in [0.1, 0.15) is 32.8 Å². The maximum absolute atomic E-state index is 12.5. The van der Waals surface area contributed by atoms with Crippen LogP contribution in [0.5, 0.6) is 0 Å². The van der Waals surface area contributed by atoms with Gasteiger partial charge >= 0.3 is 12.1 Å². The molecule has 2 rings (SSSR count). The van der Waals surface area contributed by atoms with Crippen LogP contribution in [0.25, 0.3) is 0 Å². The fourth-order valence-corrected chi connectivity index (χ4v) is 2.59. The van der Waals surface area contributed by atoms with E-state index in [0.29, 0.717) is 26.3 Å². The van der Waals surface area contributed by atoms with Gasteiger partial charge in [-0.25, -0.2) is 9.59 Å². The molecule has 1 aliphatic heterocycles.